The number of fused-ring (bicyclic) bond motifs is 1. The average molecular weight is 244 g/mol. The molecule has 1 N–H and O–H groups in total. The van der Waals surface area contributed by atoms with Crippen LogP contribution >= 0.6 is 0 Å². The molecule has 2 rings (SSSR count). The molecule has 18 heavy (non-hydrogen) atoms. The molecular weight excluding hydrogens is 224 g/mol. The molecule has 1 aliphatic rings. The first-order valence-electron chi connectivity index (χ1n) is 6.54. The van der Waals surface area contributed by atoms with E-state index in [9.17, 15) is 4.79 Å². The van der Waals surface area contributed by atoms with Crippen molar-refractivity contribution in [1.82, 2.24) is 5.32 Å². The molecule has 0 saturated carbocycles. The Balaban J connectivity index is 2.13. The van der Waals surface area contributed by atoms with Crippen molar-refractivity contribution in [3.63, 3.8) is 0 Å². The minimum Gasteiger partial charge on any atom is -0.314 e. The lowest BCUT2D eigenvalue weighted by atomic mass is 10.0. The maximum atomic E-state index is 12.2. The molecule has 1 aliphatic heterocycles. The van der Waals surface area contributed by atoms with Crippen molar-refractivity contribution in [2.24, 2.45) is 0 Å². The Morgan fingerprint density at radius 1 is 1.44 bits per heavy atom. The number of hydrogen-bond donors (Lipinski definition) is 1. The van der Waals surface area contributed by atoms with Gasteiger partial charge in [-0.2, -0.15) is 0 Å². The standard InChI is InChI=1S/C15H20N2O/c1-3-12(2)11-16-15(18)17-10-6-8-13-7-4-5-9-14(13)17/h4-5,7,9,11H,3,6,8,10H2,1-2H3,(H,16,18)/b12-11+. The summed E-state index contributed by atoms with van der Waals surface area (Å²) < 4.78 is 0. The van der Waals surface area contributed by atoms with Gasteiger partial charge in [-0.25, -0.2) is 4.79 Å². The monoisotopic (exact) mass is 244 g/mol. The van der Waals surface area contributed by atoms with Crippen molar-refractivity contribution in [2.45, 2.75) is 33.1 Å². The number of para-hydroxylation sites is 1. The third kappa shape index (κ3) is 2.73. The van der Waals surface area contributed by atoms with Gasteiger partial charge in [-0.1, -0.05) is 30.7 Å². The first kappa shape index (κ1) is 12.7. The lowest BCUT2D eigenvalue weighted by Gasteiger charge is -2.29. The maximum Gasteiger partial charge on any atom is 0.325 e. The normalized spacial score (nSPS) is 15.2. The first-order chi connectivity index (χ1) is 8.72. The van der Waals surface area contributed by atoms with Crippen molar-refractivity contribution in [3.05, 3.63) is 41.6 Å². The number of carbonyl (C=O) groups is 1. The summed E-state index contributed by atoms with van der Waals surface area (Å²) in [6.45, 7) is 4.89. The van der Waals surface area contributed by atoms with Crippen LogP contribution in [0.15, 0.2) is 36.0 Å². The van der Waals surface area contributed by atoms with Crippen molar-refractivity contribution in [1.29, 1.82) is 0 Å². The van der Waals surface area contributed by atoms with Gasteiger partial charge in [0.15, 0.2) is 0 Å². The molecule has 0 atom stereocenters. The van der Waals surface area contributed by atoms with E-state index in [1.165, 1.54) is 11.1 Å². The number of benzene rings is 1. The lowest BCUT2D eigenvalue weighted by Crippen LogP contribution is -2.41. The predicted molar refractivity (Wildman–Crippen MR) is 74.7 cm³/mol. The van der Waals surface area contributed by atoms with E-state index < -0.39 is 0 Å². The van der Waals surface area contributed by atoms with E-state index in [1.807, 2.05) is 30.0 Å². The summed E-state index contributed by atoms with van der Waals surface area (Å²) in [5.74, 6) is 0. The van der Waals surface area contributed by atoms with E-state index in [4.69, 9.17) is 0 Å². The molecule has 3 nitrogen and oxygen atoms in total. The fourth-order valence-electron chi connectivity index (χ4n) is 2.11. The van der Waals surface area contributed by atoms with Crippen molar-refractivity contribution < 1.29 is 4.79 Å². The highest BCUT2D eigenvalue weighted by Gasteiger charge is 2.21. The highest BCUT2D eigenvalue weighted by Crippen LogP contribution is 2.26. The van der Waals surface area contributed by atoms with Crippen LogP contribution in [-0.2, 0) is 6.42 Å². The van der Waals surface area contributed by atoms with Crippen LogP contribution in [-0.4, -0.2) is 12.6 Å². The van der Waals surface area contributed by atoms with Gasteiger partial charge in [-0.05, 0) is 37.8 Å². The average Bonchev–Trinajstić information content (AvgIpc) is 2.43. The van der Waals surface area contributed by atoms with Crippen LogP contribution in [0.4, 0.5) is 10.5 Å². The minimum absolute atomic E-state index is 0.0325. The summed E-state index contributed by atoms with van der Waals surface area (Å²) in [5, 5.41) is 2.87. The quantitative estimate of drug-likeness (QED) is 0.849. The molecule has 0 saturated heterocycles. The van der Waals surface area contributed by atoms with Crippen molar-refractivity contribution >= 4 is 11.7 Å². The van der Waals surface area contributed by atoms with Gasteiger partial charge in [0, 0.05) is 18.4 Å². The lowest BCUT2D eigenvalue weighted by molar-refractivity contribution is 0.249. The number of nitrogens with zero attached hydrogens (tertiary/aromatic N) is 1. The smallest absolute Gasteiger partial charge is 0.314 e. The third-order valence-corrected chi connectivity index (χ3v) is 3.36. The van der Waals surface area contributed by atoms with Gasteiger partial charge >= 0.3 is 6.03 Å². The SMILES string of the molecule is CC/C(C)=C/NC(=O)N1CCCc2ccccc21. The number of urea groups is 1. The Bertz CT molecular complexity index is 465. The number of allylic oxidation sites excluding steroid dienone is 1. The van der Waals surface area contributed by atoms with Crippen LogP contribution in [0.1, 0.15) is 32.3 Å². The van der Waals surface area contributed by atoms with E-state index in [0.717, 1.165) is 31.5 Å². The van der Waals surface area contributed by atoms with E-state index in [-0.39, 0.29) is 6.03 Å². The molecule has 0 aromatic heterocycles. The number of nitrogens with one attached hydrogen (secondary N) is 1. The predicted octanol–water partition coefficient (Wildman–Crippen LogP) is 3.46. The van der Waals surface area contributed by atoms with Gasteiger partial charge < -0.3 is 5.32 Å². The molecule has 1 aromatic rings. The second kappa shape index (κ2) is 5.71. The Morgan fingerprint density at radius 2 is 2.22 bits per heavy atom. The summed E-state index contributed by atoms with van der Waals surface area (Å²) in [6, 6.07) is 8.10. The van der Waals surface area contributed by atoms with Gasteiger partial charge in [0.2, 0.25) is 0 Å². The van der Waals surface area contributed by atoms with Crippen LogP contribution < -0.4 is 10.2 Å². The van der Waals surface area contributed by atoms with E-state index in [0.29, 0.717) is 0 Å². The summed E-state index contributed by atoms with van der Waals surface area (Å²) in [7, 11) is 0. The van der Waals surface area contributed by atoms with Crippen molar-refractivity contribution in [2.75, 3.05) is 11.4 Å². The molecule has 0 aliphatic carbocycles. The van der Waals surface area contributed by atoms with E-state index >= 15 is 0 Å². The van der Waals surface area contributed by atoms with Crippen LogP contribution in [0.2, 0.25) is 0 Å². The topological polar surface area (TPSA) is 32.3 Å². The number of amides is 2. The molecular formula is C15H20N2O. The highest BCUT2D eigenvalue weighted by molar-refractivity contribution is 5.93. The number of carbonyl (C=O) groups excluding carboxylic acids is 1. The van der Waals surface area contributed by atoms with Gasteiger partial charge in [0.1, 0.15) is 0 Å². The number of rotatable bonds is 2. The second-order valence-electron chi connectivity index (χ2n) is 4.68. The molecule has 0 radical (unpaired) electrons. The van der Waals surface area contributed by atoms with Crippen LogP contribution in [0.25, 0.3) is 0 Å². The van der Waals surface area contributed by atoms with Gasteiger partial charge in [0.05, 0.1) is 0 Å². The first-order valence-corrected chi connectivity index (χ1v) is 6.54. The third-order valence-electron chi connectivity index (χ3n) is 3.36. The zero-order valence-electron chi connectivity index (χ0n) is 11.1. The molecule has 0 bridgehead atoms. The van der Waals surface area contributed by atoms with Crippen LogP contribution in [0.5, 0.6) is 0 Å². The molecule has 96 valence electrons. The van der Waals surface area contributed by atoms with Crippen molar-refractivity contribution in [3.8, 4) is 0 Å². The minimum atomic E-state index is -0.0325. The summed E-state index contributed by atoms with van der Waals surface area (Å²) in [4.78, 5) is 14.0. The highest BCUT2D eigenvalue weighted by atomic mass is 16.2. The Kier molecular flexibility index (Phi) is 4.03. The fourth-order valence-corrected chi connectivity index (χ4v) is 2.11. The van der Waals surface area contributed by atoms with Gasteiger partial charge in [-0.3, -0.25) is 4.90 Å². The summed E-state index contributed by atoms with van der Waals surface area (Å²) in [5.41, 5.74) is 3.48. The number of aryl methyl sites for hydroxylation is 1. The van der Waals surface area contributed by atoms with E-state index in [2.05, 4.69) is 18.3 Å². The van der Waals surface area contributed by atoms with Gasteiger partial charge in [-0.15, -0.1) is 0 Å². The van der Waals surface area contributed by atoms with E-state index in [1.54, 1.807) is 6.20 Å². The van der Waals surface area contributed by atoms with Crippen LogP contribution in [0, 0.1) is 0 Å². The zero-order chi connectivity index (χ0) is 13.0. The summed E-state index contributed by atoms with van der Waals surface area (Å²) >= 11 is 0. The molecule has 3 heteroatoms. The Labute approximate surface area is 108 Å². The Hall–Kier alpha value is -1.77. The molecule has 0 fully saturated rings. The molecule has 1 heterocycles. The fraction of sp³-hybridized carbons (Fsp3) is 0.400. The molecule has 0 unspecified atom stereocenters. The molecule has 1 aromatic carbocycles. The summed E-state index contributed by atoms with van der Waals surface area (Å²) in [6.07, 6.45) is 4.85. The molecule has 0 spiro atoms. The second-order valence-corrected chi connectivity index (χ2v) is 4.68. The Morgan fingerprint density at radius 3 is 3.00 bits per heavy atom. The largest absolute Gasteiger partial charge is 0.325 e. The maximum absolute atomic E-state index is 12.2. The zero-order valence-corrected chi connectivity index (χ0v) is 11.1. The number of anilines is 1. The number of hydrogen-bond acceptors (Lipinski definition) is 1. The van der Waals surface area contributed by atoms with Crippen LogP contribution in [0.3, 0.4) is 0 Å². The molecule has 2 amide bonds. The van der Waals surface area contributed by atoms with Gasteiger partial charge in [0.25, 0.3) is 0 Å².